The number of carbonyl (C=O) groups is 2. The molecule has 1 atom stereocenters. The predicted molar refractivity (Wildman–Crippen MR) is 122 cm³/mol. The van der Waals surface area contributed by atoms with Gasteiger partial charge in [0.1, 0.15) is 11.3 Å². The number of aromatic nitrogens is 3. The van der Waals surface area contributed by atoms with Crippen LogP contribution < -0.4 is 10.1 Å². The lowest BCUT2D eigenvalue weighted by Crippen LogP contribution is -2.34. The van der Waals surface area contributed by atoms with Gasteiger partial charge in [-0.1, -0.05) is 6.07 Å². The molecular weight excluding hydrogens is 418 g/mol. The fraction of sp³-hybridized carbons (Fsp3) is 0.440. The molecule has 0 aliphatic heterocycles. The summed E-state index contributed by atoms with van der Waals surface area (Å²) in [4.78, 5) is 39.1. The molecule has 2 N–H and O–H groups in total. The van der Waals surface area contributed by atoms with Gasteiger partial charge in [-0.3, -0.25) is 9.59 Å². The Morgan fingerprint density at radius 3 is 2.82 bits per heavy atom. The topological polar surface area (TPSA) is 100 Å². The number of aromatic amines is 1. The number of nitrogens with zero attached hydrogens (tertiary/aromatic N) is 3. The SMILES string of the molecule is CC(=O)N[C@@H]1CCc2ccc(Oc3cnc4[nH]cc(C(=O)N(CC5CC5)C5CC5)c4n3)cc21. The standard InChI is InChI=1S/C25H27N5O3/c1-14(31)28-21-9-5-16-4-8-18(10-19(16)21)33-22-12-27-24-23(29-22)20(11-26-24)25(32)30(17-6-7-17)13-15-2-3-15/h4,8,10-12,15,17,21H,2-3,5-7,9,13H2,1H3,(H,26,27)(H,28,31)/t21-/m1/s1. The molecule has 8 heteroatoms. The minimum Gasteiger partial charge on any atom is -0.437 e. The van der Waals surface area contributed by atoms with E-state index in [2.05, 4.69) is 20.3 Å². The maximum atomic E-state index is 13.3. The molecule has 0 spiro atoms. The van der Waals surface area contributed by atoms with Crippen LogP contribution in [0.2, 0.25) is 0 Å². The fourth-order valence-electron chi connectivity index (χ4n) is 4.76. The second kappa shape index (κ2) is 7.86. The van der Waals surface area contributed by atoms with E-state index in [-0.39, 0.29) is 17.9 Å². The van der Waals surface area contributed by atoms with E-state index in [1.54, 1.807) is 12.4 Å². The first-order valence-electron chi connectivity index (χ1n) is 11.8. The summed E-state index contributed by atoms with van der Waals surface area (Å²) in [6.45, 7) is 2.37. The van der Waals surface area contributed by atoms with Crippen LogP contribution in [0, 0.1) is 5.92 Å². The Bertz CT molecular complexity index is 1240. The first kappa shape index (κ1) is 20.2. The van der Waals surface area contributed by atoms with E-state index in [4.69, 9.17) is 4.74 Å². The third kappa shape index (κ3) is 4.05. The van der Waals surface area contributed by atoms with E-state index >= 15 is 0 Å². The molecule has 33 heavy (non-hydrogen) atoms. The van der Waals surface area contributed by atoms with Crippen molar-refractivity contribution < 1.29 is 14.3 Å². The highest BCUT2D eigenvalue weighted by Crippen LogP contribution is 2.37. The Labute approximate surface area is 191 Å². The van der Waals surface area contributed by atoms with Crippen molar-refractivity contribution in [2.24, 2.45) is 5.92 Å². The number of H-pyrrole nitrogens is 1. The average Bonchev–Trinajstić information content (AvgIpc) is 3.72. The number of benzene rings is 1. The molecule has 3 aliphatic carbocycles. The van der Waals surface area contributed by atoms with Crippen molar-refractivity contribution in [3.8, 4) is 11.6 Å². The monoisotopic (exact) mass is 445 g/mol. The third-order valence-electron chi connectivity index (χ3n) is 6.78. The molecule has 2 fully saturated rings. The lowest BCUT2D eigenvalue weighted by Gasteiger charge is -2.21. The number of nitrogens with one attached hydrogen (secondary N) is 2. The fourth-order valence-corrected chi connectivity index (χ4v) is 4.76. The number of rotatable bonds is 7. The summed E-state index contributed by atoms with van der Waals surface area (Å²) < 4.78 is 6.04. The van der Waals surface area contributed by atoms with Gasteiger partial charge < -0.3 is 19.9 Å². The molecular formula is C25H27N5O3. The van der Waals surface area contributed by atoms with Crippen molar-refractivity contribution in [1.29, 1.82) is 0 Å². The predicted octanol–water partition coefficient (Wildman–Crippen LogP) is 3.89. The Kier molecular flexibility index (Phi) is 4.81. The molecule has 0 saturated heterocycles. The zero-order valence-corrected chi connectivity index (χ0v) is 18.6. The van der Waals surface area contributed by atoms with E-state index in [9.17, 15) is 9.59 Å². The number of hydrogen-bond acceptors (Lipinski definition) is 5. The molecule has 3 aromatic rings. The van der Waals surface area contributed by atoms with Crippen molar-refractivity contribution in [3.63, 3.8) is 0 Å². The first-order chi connectivity index (χ1) is 16.0. The molecule has 0 radical (unpaired) electrons. The van der Waals surface area contributed by atoms with Crippen LogP contribution in [0.4, 0.5) is 0 Å². The molecule has 1 aromatic carbocycles. The zero-order chi connectivity index (χ0) is 22.5. The van der Waals surface area contributed by atoms with Crippen molar-refractivity contribution in [2.75, 3.05) is 6.54 Å². The smallest absolute Gasteiger partial charge is 0.257 e. The molecule has 170 valence electrons. The van der Waals surface area contributed by atoms with E-state index in [1.165, 1.54) is 25.3 Å². The van der Waals surface area contributed by atoms with Gasteiger partial charge in [-0.15, -0.1) is 0 Å². The van der Waals surface area contributed by atoms with Gasteiger partial charge in [0.15, 0.2) is 5.65 Å². The van der Waals surface area contributed by atoms with Gasteiger partial charge in [0.05, 0.1) is 17.8 Å². The molecule has 2 heterocycles. The Balaban J connectivity index is 1.26. The molecule has 0 bridgehead atoms. The maximum absolute atomic E-state index is 13.3. The van der Waals surface area contributed by atoms with Crippen molar-refractivity contribution >= 4 is 23.0 Å². The van der Waals surface area contributed by atoms with Gasteiger partial charge >= 0.3 is 0 Å². The molecule has 0 unspecified atom stereocenters. The number of fused-ring (bicyclic) bond motifs is 2. The van der Waals surface area contributed by atoms with E-state index in [1.807, 2.05) is 23.1 Å². The highest BCUT2D eigenvalue weighted by molar-refractivity contribution is 6.04. The van der Waals surface area contributed by atoms with Gasteiger partial charge in [-0.25, -0.2) is 9.97 Å². The molecule has 2 amide bonds. The van der Waals surface area contributed by atoms with Gasteiger partial charge in [-0.2, -0.15) is 0 Å². The Morgan fingerprint density at radius 1 is 1.21 bits per heavy atom. The normalized spacial score (nSPS) is 19.4. The van der Waals surface area contributed by atoms with Crippen LogP contribution >= 0.6 is 0 Å². The van der Waals surface area contributed by atoms with Crippen LogP contribution in [0.5, 0.6) is 11.6 Å². The zero-order valence-electron chi connectivity index (χ0n) is 18.6. The molecule has 2 aromatic heterocycles. The van der Waals surface area contributed by atoms with Gasteiger partial charge in [0.2, 0.25) is 11.8 Å². The summed E-state index contributed by atoms with van der Waals surface area (Å²) in [7, 11) is 0. The highest BCUT2D eigenvalue weighted by atomic mass is 16.5. The molecule has 2 saturated carbocycles. The Hall–Kier alpha value is -3.42. The van der Waals surface area contributed by atoms with Crippen molar-refractivity contribution in [2.45, 2.75) is 57.5 Å². The summed E-state index contributed by atoms with van der Waals surface area (Å²) in [5.74, 6) is 1.60. The van der Waals surface area contributed by atoms with Crippen LogP contribution in [0.25, 0.3) is 11.2 Å². The lowest BCUT2D eigenvalue weighted by molar-refractivity contribution is -0.119. The highest BCUT2D eigenvalue weighted by Gasteiger charge is 2.37. The van der Waals surface area contributed by atoms with Crippen LogP contribution in [0.1, 0.15) is 66.6 Å². The van der Waals surface area contributed by atoms with E-state index in [0.717, 1.165) is 37.8 Å². The Morgan fingerprint density at radius 2 is 2.06 bits per heavy atom. The summed E-state index contributed by atoms with van der Waals surface area (Å²) >= 11 is 0. The molecule has 8 nitrogen and oxygen atoms in total. The number of amides is 2. The van der Waals surface area contributed by atoms with Gasteiger partial charge in [-0.05, 0) is 67.7 Å². The maximum Gasteiger partial charge on any atom is 0.257 e. The van der Waals surface area contributed by atoms with Crippen LogP contribution in [0.15, 0.2) is 30.6 Å². The second-order valence-corrected chi connectivity index (χ2v) is 9.49. The number of carbonyl (C=O) groups excluding carboxylic acids is 2. The summed E-state index contributed by atoms with van der Waals surface area (Å²) in [5.41, 5.74) is 3.96. The molecule has 6 rings (SSSR count). The second-order valence-electron chi connectivity index (χ2n) is 9.49. The van der Waals surface area contributed by atoms with Crippen LogP contribution in [0.3, 0.4) is 0 Å². The van der Waals surface area contributed by atoms with Crippen LogP contribution in [-0.4, -0.2) is 44.3 Å². The minimum absolute atomic E-state index is 0.00314. The summed E-state index contributed by atoms with van der Waals surface area (Å²) in [6, 6.07) is 6.27. The minimum atomic E-state index is -0.0397. The molecule has 3 aliphatic rings. The summed E-state index contributed by atoms with van der Waals surface area (Å²) in [5, 5.41) is 3.00. The van der Waals surface area contributed by atoms with Gasteiger partial charge in [0.25, 0.3) is 5.91 Å². The van der Waals surface area contributed by atoms with Crippen LogP contribution in [-0.2, 0) is 11.2 Å². The summed E-state index contributed by atoms with van der Waals surface area (Å²) in [6.07, 6.45) is 9.69. The van der Waals surface area contributed by atoms with Crippen molar-refractivity contribution in [1.82, 2.24) is 25.2 Å². The van der Waals surface area contributed by atoms with E-state index in [0.29, 0.717) is 40.3 Å². The number of hydrogen-bond donors (Lipinski definition) is 2. The quantitative estimate of drug-likeness (QED) is 0.575. The lowest BCUT2D eigenvalue weighted by atomic mass is 10.1. The average molecular weight is 446 g/mol. The van der Waals surface area contributed by atoms with Gasteiger partial charge in [0, 0.05) is 25.7 Å². The largest absolute Gasteiger partial charge is 0.437 e. The first-order valence-corrected chi connectivity index (χ1v) is 11.8. The number of ether oxygens (including phenoxy) is 1. The third-order valence-corrected chi connectivity index (χ3v) is 6.78. The number of aryl methyl sites for hydroxylation is 1. The van der Waals surface area contributed by atoms with E-state index < -0.39 is 0 Å². The van der Waals surface area contributed by atoms with Crippen molar-refractivity contribution in [3.05, 3.63) is 47.3 Å².